The molecule has 0 bridgehead atoms. The summed E-state index contributed by atoms with van der Waals surface area (Å²) < 4.78 is 18.2. The van der Waals surface area contributed by atoms with Crippen molar-refractivity contribution in [1.29, 1.82) is 0 Å². The average molecular weight is 332 g/mol. The predicted octanol–water partition coefficient (Wildman–Crippen LogP) is 1.46. The summed E-state index contributed by atoms with van der Waals surface area (Å²) in [5, 5.41) is 11.6. The molecule has 0 saturated carbocycles. The first kappa shape index (κ1) is 16.7. The maximum atomic E-state index is 5.62. The molecule has 1 aliphatic rings. The molecule has 130 valence electrons. The number of aromatic nitrogens is 3. The molecular weight excluding hydrogens is 308 g/mol. The van der Waals surface area contributed by atoms with Gasteiger partial charge >= 0.3 is 0 Å². The highest BCUT2D eigenvalue weighted by Gasteiger charge is 2.31. The van der Waals surface area contributed by atoms with Crippen LogP contribution in [-0.2, 0) is 11.2 Å². The molecular formula is C17H24N4O3. The SMILES string of the molecule is COc1ccc(C[C@H](C)N[C@H]2COC[C@H]2n2ccnn2)cc1OC. The Kier molecular flexibility index (Phi) is 5.32. The molecule has 0 unspecified atom stereocenters. The molecule has 1 fully saturated rings. The molecule has 7 nitrogen and oxygen atoms in total. The van der Waals surface area contributed by atoms with E-state index in [1.165, 1.54) is 5.56 Å². The molecule has 0 radical (unpaired) electrons. The first-order valence-corrected chi connectivity index (χ1v) is 8.11. The van der Waals surface area contributed by atoms with Gasteiger partial charge in [0.1, 0.15) is 0 Å². The Hall–Kier alpha value is -2.12. The zero-order valence-electron chi connectivity index (χ0n) is 14.3. The number of hydrogen-bond acceptors (Lipinski definition) is 6. The van der Waals surface area contributed by atoms with Gasteiger partial charge in [0.25, 0.3) is 0 Å². The highest BCUT2D eigenvalue weighted by Crippen LogP contribution is 2.28. The third-order valence-corrected chi connectivity index (χ3v) is 4.32. The highest BCUT2D eigenvalue weighted by atomic mass is 16.5. The van der Waals surface area contributed by atoms with E-state index in [-0.39, 0.29) is 12.1 Å². The first-order chi connectivity index (χ1) is 11.7. The van der Waals surface area contributed by atoms with E-state index < -0.39 is 0 Å². The van der Waals surface area contributed by atoms with Gasteiger partial charge in [-0.1, -0.05) is 11.3 Å². The summed E-state index contributed by atoms with van der Waals surface area (Å²) in [6.07, 6.45) is 4.47. The van der Waals surface area contributed by atoms with Crippen LogP contribution in [0.5, 0.6) is 11.5 Å². The Balaban J connectivity index is 1.62. The summed E-state index contributed by atoms with van der Waals surface area (Å²) in [6.45, 7) is 3.51. The van der Waals surface area contributed by atoms with Gasteiger partial charge in [0.2, 0.25) is 0 Å². The van der Waals surface area contributed by atoms with Crippen LogP contribution in [0.3, 0.4) is 0 Å². The van der Waals surface area contributed by atoms with Crippen LogP contribution in [0.25, 0.3) is 0 Å². The minimum absolute atomic E-state index is 0.181. The van der Waals surface area contributed by atoms with Crippen molar-refractivity contribution in [2.75, 3.05) is 27.4 Å². The molecule has 1 aliphatic heterocycles. The third kappa shape index (κ3) is 3.68. The molecule has 24 heavy (non-hydrogen) atoms. The number of ether oxygens (including phenoxy) is 3. The summed E-state index contributed by atoms with van der Waals surface area (Å²) in [5.74, 6) is 1.50. The van der Waals surface area contributed by atoms with Crippen LogP contribution in [0.1, 0.15) is 18.5 Å². The maximum absolute atomic E-state index is 5.62. The number of benzene rings is 1. The Morgan fingerprint density at radius 2 is 2.12 bits per heavy atom. The van der Waals surface area contributed by atoms with Crippen LogP contribution in [-0.4, -0.2) is 54.5 Å². The number of nitrogens with one attached hydrogen (secondary N) is 1. The van der Waals surface area contributed by atoms with Crippen LogP contribution in [0.4, 0.5) is 0 Å². The Morgan fingerprint density at radius 3 is 2.83 bits per heavy atom. The van der Waals surface area contributed by atoms with Gasteiger partial charge < -0.3 is 19.5 Å². The van der Waals surface area contributed by atoms with Crippen molar-refractivity contribution in [2.24, 2.45) is 0 Å². The minimum atomic E-state index is 0.181. The molecule has 0 aliphatic carbocycles. The third-order valence-electron chi connectivity index (χ3n) is 4.32. The molecule has 3 atom stereocenters. The van der Waals surface area contributed by atoms with Gasteiger partial charge in [0, 0.05) is 12.2 Å². The van der Waals surface area contributed by atoms with Crippen LogP contribution in [0, 0.1) is 0 Å². The summed E-state index contributed by atoms with van der Waals surface area (Å²) >= 11 is 0. The maximum Gasteiger partial charge on any atom is 0.160 e. The summed E-state index contributed by atoms with van der Waals surface area (Å²) in [7, 11) is 3.30. The fourth-order valence-electron chi connectivity index (χ4n) is 3.14. The first-order valence-electron chi connectivity index (χ1n) is 8.11. The van der Waals surface area contributed by atoms with E-state index in [1.54, 1.807) is 20.4 Å². The van der Waals surface area contributed by atoms with Crippen LogP contribution >= 0.6 is 0 Å². The molecule has 0 amide bonds. The lowest BCUT2D eigenvalue weighted by Crippen LogP contribution is -2.43. The van der Waals surface area contributed by atoms with E-state index in [2.05, 4.69) is 28.6 Å². The van der Waals surface area contributed by atoms with E-state index in [9.17, 15) is 0 Å². The molecule has 1 saturated heterocycles. The lowest BCUT2D eigenvalue weighted by molar-refractivity contribution is 0.180. The molecule has 1 aromatic carbocycles. The number of hydrogen-bond donors (Lipinski definition) is 1. The van der Waals surface area contributed by atoms with Gasteiger partial charge in [0.05, 0.1) is 45.7 Å². The molecule has 1 N–H and O–H groups in total. The summed E-state index contributed by atoms with van der Waals surface area (Å²) in [5.41, 5.74) is 1.20. The molecule has 7 heteroatoms. The van der Waals surface area contributed by atoms with Crippen molar-refractivity contribution in [2.45, 2.75) is 31.5 Å². The molecule has 1 aromatic heterocycles. The van der Waals surface area contributed by atoms with Crippen molar-refractivity contribution in [1.82, 2.24) is 20.3 Å². The van der Waals surface area contributed by atoms with E-state index >= 15 is 0 Å². The second kappa shape index (κ2) is 7.63. The fourth-order valence-corrected chi connectivity index (χ4v) is 3.14. The fraction of sp³-hybridized carbons (Fsp3) is 0.529. The van der Waals surface area contributed by atoms with E-state index in [0.29, 0.717) is 19.3 Å². The normalized spacial score (nSPS) is 21.6. The van der Waals surface area contributed by atoms with Crippen LogP contribution in [0.15, 0.2) is 30.6 Å². The number of nitrogens with zero attached hydrogens (tertiary/aromatic N) is 3. The highest BCUT2D eigenvalue weighted by molar-refractivity contribution is 5.43. The minimum Gasteiger partial charge on any atom is -0.493 e. The molecule has 2 heterocycles. The van der Waals surface area contributed by atoms with Crippen molar-refractivity contribution in [3.63, 3.8) is 0 Å². The summed E-state index contributed by atoms with van der Waals surface area (Å²) in [6, 6.07) is 6.73. The number of methoxy groups -OCH3 is 2. The second-order valence-corrected chi connectivity index (χ2v) is 6.06. The van der Waals surface area contributed by atoms with Crippen molar-refractivity contribution >= 4 is 0 Å². The van der Waals surface area contributed by atoms with Gasteiger partial charge in [-0.25, -0.2) is 4.68 Å². The van der Waals surface area contributed by atoms with Crippen molar-refractivity contribution < 1.29 is 14.2 Å². The Morgan fingerprint density at radius 1 is 1.29 bits per heavy atom. The van der Waals surface area contributed by atoms with Crippen molar-refractivity contribution in [3.8, 4) is 11.5 Å². The number of rotatable bonds is 7. The monoisotopic (exact) mass is 332 g/mol. The van der Waals surface area contributed by atoms with Gasteiger partial charge in [-0.3, -0.25) is 0 Å². The largest absolute Gasteiger partial charge is 0.493 e. The van der Waals surface area contributed by atoms with E-state index in [0.717, 1.165) is 17.9 Å². The lowest BCUT2D eigenvalue weighted by atomic mass is 10.0. The molecule has 0 spiro atoms. The zero-order chi connectivity index (χ0) is 16.9. The van der Waals surface area contributed by atoms with E-state index in [4.69, 9.17) is 14.2 Å². The molecule has 2 aromatic rings. The van der Waals surface area contributed by atoms with Gasteiger partial charge in [-0.05, 0) is 31.0 Å². The molecule has 3 rings (SSSR count). The van der Waals surface area contributed by atoms with Crippen molar-refractivity contribution in [3.05, 3.63) is 36.2 Å². The predicted molar refractivity (Wildman–Crippen MR) is 89.5 cm³/mol. The van der Waals surface area contributed by atoms with Crippen LogP contribution in [0.2, 0.25) is 0 Å². The van der Waals surface area contributed by atoms with Gasteiger partial charge in [-0.2, -0.15) is 0 Å². The van der Waals surface area contributed by atoms with Gasteiger partial charge in [-0.15, -0.1) is 5.10 Å². The van der Waals surface area contributed by atoms with E-state index in [1.807, 2.05) is 23.0 Å². The van der Waals surface area contributed by atoms with Gasteiger partial charge in [0.15, 0.2) is 11.5 Å². The summed E-state index contributed by atoms with van der Waals surface area (Å²) in [4.78, 5) is 0. The Bertz CT molecular complexity index is 647. The zero-order valence-corrected chi connectivity index (χ0v) is 14.3. The lowest BCUT2D eigenvalue weighted by Gasteiger charge is -2.23. The Labute approximate surface area is 141 Å². The topological polar surface area (TPSA) is 70.4 Å². The smallest absolute Gasteiger partial charge is 0.160 e. The average Bonchev–Trinajstić information content (AvgIpc) is 3.25. The second-order valence-electron chi connectivity index (χ2n) is 6.06. The van der Waals surface area contributed by atoms with Crippen LogP contribution < -0.4 is 14.8 Å². The quantitative estimate of drug-likeness (QED) is 0.828. The standard InChI is InChI=1S/C17H24N4O3/c1-12(8-13-4-5-16(22-2)17(9-13)23-3)19-14-10-24-11-15(14)21-7-6-18-20-21/h4-7,9,12,14-15,19H,8,10-11H2,1-3H3/t12-,14-,15+/m0/s1.